The van der Waals surface area contributed by atoms with Crippen LogP contribution in [0.25, 0.3) is 0 Å². The van der Waals surface area contributed by atoms with Gasteiger partial charge in [0.15, 0.2) is 5.13 Å². The van der Waals surface area contributed by atoms with Crippen molar-refractivity contribution < 1.29 is 14.3 Å². The number of rotatable bonds is 6. The van der Waals surface area contributed by atoms with Crippen LogP contribution in [0.4, 0.5) is 5.13 Å². The van der Waals surface area contributed by atoms with E-state index >= 15 is 0 Å². The maximum absolute atomic E-state index is 12.0. The lowest BCUT2D eigenvalue weighted by atomic mass is 10.1. The van der Waals surface area contributed by atoms with Crippen LogP contribution < -0.4 is 14.8 Å². The zero-order valence-corrected chi connectivity index (χ0v) is 14.0. The summed E-state index contributed by atoms with van der Waals surface area (Å²) in [6, 6.07) is 5.63. The van der Waals surface area contributed by atoms with Crippen LogP contribution in [-0.2, 0) is 11.2 Å². The average molecular weight is 320 g/mol. The summed E-state index contributed by atoms with van der Waals surface area (Å²) in [7, 11) is 3.22. The van der Waals surface area contributed by atoms with E-state index in [1.165, 1.54) is 11.3 Å². The molecule has 22 heavy (non-hydrogen) atoms. The van der Waals surface area contributed by atoms with Crippen LogP contribution in [0.2, 0.25) is 0 Å². The number of aromatic nitrogens is 1. The summed E-state index contributed by atoms with van der Waals surface area (Å²) in [5.41, 5.74) is 1.95. The number of carbonyl (C=O) groups excluding carboxylic acids is 1. The molecule has 118 valence electrons. The summed E-state index contributed by atoms with van der Waals surface area (Å²) in [6.45, 7) is 3.93. The molecule has 0 bridgehead atoms. The van der Waals surface area contributed by atoms with Crippen molar-refractivity contribution in [3.05, 3.63) is 34.3 Å². The highest BCUT2D eigenvalue weighted by Crippen LogP contribution is 2.24. The Kier molecular flexibility index (Phi) is 5.38. The number of nitrogens with zero attached hydrogens (tertiary/aromatic N) is 1. The van der Waals surface area contributed by atoms with Crippen molar-refractivity contribution in [2.24, 2.45) is 0 Å². The lowest BCUT2D eigenvalue weighted by molar-refractivity contribution is -0.116. The Morgan fingerprint density at radius 1 is 1.18 bits per heavy atom. The lowest BCUT2D eigenvalue weighted by Gasteiger charge is -2.08. The second-order valence-electron chi connectivity index (χ2n) is 4.93. The Labute approximate surface area is 134 Å². The zero-order chi connectivity index (χ0) is 16.1. The first-order valence-electron chi connectivity index (χ1n) is 6.97. The Morgan fingerprint density at radius 3 is 2.32 bits per heavy atom. The minimum absolute atomic E-state index is 0.0458. The van der Waals surface area contributed by atoms with Gasteiger partial charge in [-0.15, -0.1) is 11.3 Å². The van der Waals surface area contributed by atoms with Gasteiger partial charge in [0.2, 0.25) is 5.91 Å². The van der Waals surface area contributed by atoms with Crippen LogP contribution in [0.3, 0.4) is 0 Å². The molecule has 2 rings (SSSR count). The molecule has 1 amide bonds. The van der Waals surface area contributed by atoms with Gasteiger partial charge in [0, 0.05) is 17.4 Å². The first-order chi connectivity index (χ1) is 10.5. The molecular formula is C16H20N2O3S. The molecule has 0 aliphatic carbocycles. The van der Waals surface area contributed by atoms with E-state index in [1.807, 2.05) is 32.0 Å². The number of carbonyl (C=O) groups is 1. The number of ether oxygens (including phenoxy) is 2. The molecule has 1 heterocycles. The van der Waals surface area contributed by atoms with Gasteiger partial charge < -0.3 is 14.8 Å². The van der Waals surface area contributed by atoms with Crippen LogP contribution in [-0.4, -0.2) is 25.1 Å². The number of anilines is 1. The number of methoxy groups -OCH3 is 2. The maximum Gasteiger partial charge on any atom is 0.226 e. The number of nitrogens with one attached hydrogen (secondary N) is 1. The molecule has 0 aliphatic rings. The van der Waals surface area contributed by atoms with E-state index < -0.39 is 0 Å². The molecule has 0 fully saturated rings. The third-order valence-corrected chi connectivity index (χ3v) is 4.32. The van der Waals surface area contributed by atoms with Crippen molar-refractivity contribution >= 4 is 22.4 Å². The number of benzene rings is 1. The topological polar surface area (TPSA) is 60.5 Å². The monoisotopic (exact) mass is 320 g/mol. The quantitative estimate of drug-likeness (QED) is 0.886. The molecule has 1 aromatic carbocycles. The molecule has 0 aliphatic heterocycles. The summed E-state index contributed by atoms with van der Waals surface area (Å²) < 4.78 is 10.5. The largest absolute Gasteiger partial charge is 0.497 e. The summed E-state index contributed by atoms with van der Waals surface area (Å²) in [6.07, 6.45) is 0.997. The van der Waals surface area contributed by atoms with Crippen LogP contribution in [0.15, 0.2) is 18.2 Å². The fourth-order valence-corrected chi connectivity index (χ4v) is 2.81. The molecule has 1 N–H and O–H groups in total. The van der Waals surface area contributed by atoms with Crippen molar-refractivity contribution in [2.45, 2.75) is 26.7 Å². The van der Waals surface area contributed by atoms with Crippen LogP contribution in [0.1, 0.15) is 22.6 Å². The van der Waals surface area contributed by atoms with Crippen LogP contribution in [0, 0.1) is 13.8 Å². The van der Waals surface area contributed by atoms with Gasteiger partial charge in [-0.2, -0.15) is 0 Å². The lowest BCUT2D eigenvalue weighted by Crippen LogP contribution is -2.12. The first-order valence-corrected chi connectivity index (χ1v) is 7.79. The Balaban J connectivity index is 1.95. The normalized spacial score (nSPS) is 10.4. The third-order valence-electron chi connectivity index (χ3n) is 3.33. The summed E-state index contributed by atoms with van der Waals surface area (Å²) >= 11 is 1.49. The SMILES string of the molecule is COc1cc(CCC(=O)Nc2nc(C)c(C)s2)cc(OC)c1. The minimum atomic E-state index is -0.0458. The van der Waals surface area contributed by atoms with Gasteiger partial charge in [0.05, 0.1) is 19.9 Å². The van der Waals surface area contributed by atoms with E-state index in [4.69, 9.17) is 9.47 Å². The first kappa shape index (κ1) is 16.3. The molecular weight excluding hydrogens is 300 g/mol. The number of thiazole rings is 1. The molecule has 0 unspecified atom stereocenters. The predicted molar refractivity (Wildman–Crippen MR) is 88.1 cm³/mol. The van der Waals surface area contributed by atoms with Crippen LogP contribution in [0.5, 0.6) is 11.5 Å². The average Bonchev–Trinajstić information content (AvgIpc) is 2.82. The van der Waals surface area contributed by atoms with Crippen LogP contribution >= 0.6 is 11.3 Å². The molecule has 2 aromatic rings. The zero-order valence-electron chi connectivity index (χ0n) is 13.2. The van der Waals surface area contributed by atoms with Crippen molar-refractivity contribution in [3.63, 3.8) is 0 Å². The second-order valence-corrected chi connectivity index (χ2v) is 6.13. The molecule has 1 aromatic heterocycles. The molecule has 5 nitrogen and oxygen atoms in total. The van der Waals surface area contributed by atoms with E-state index in [-0.39, 0.29) is 5.91 Å². The highest BCUT2D eigenvalue weighted by Gasteiger charge is 2.09. The third kappa shape index (κ3) is 4.21. The smallest absolute Gasteiger partial charge is 0.226 e. The highest BCUT2D eigenvalue weighted by atomic mass is 32.1. The van der Waals surface area contributed by atoms with Crippen molar-refractivity contribution in [2.75, 3.05) is 19.5 Å². The molecule has 0 saturated heterocycles. The second kappa shape index (κ2) is 7.26. The van der Waals surface area contributed by atoms with E-state index in [0.717, 1.165) is 27.6 Å². The molecule has 0 spiro atoms. The van der Waals surface area contributed by atoms with Gasteiger partial charge >= 0.3 is 0 Å². The number of hydrogen-bond acceptors (Lipinski definition) is 5. The molecule has 6 heteroatoms. The Bertz CT molecular complexity index is 626. The number of hydrogen-bond donors (Lipinski definition) is 1. The van der Waals surface area contributed by atoms with Gasteiger partial charge in [0.1, 0.15) is 11.5 Å². The van der Waals surface area contributed by atoms with Crippen molar-refractivity contribution in [1.82, 2.24) is 4.98 Å². The standard InChI is InChI=1S/C16H20N2O3S/c1-10-11(2)22-16(17-10)18-15(19)6-5-12-7-13(20-3)9-14(8-12)21-4/h7-9H,5-6H2,1-4H3,(H,17,18,19). The van der Waals surface area contributed by atoms with E-state index in [1.54, 1.807) is 14.2 Å². The van der Waals surface area contributed by atoms with Crippen molar-refractivity contribution in [3.8, 4) is 11.5 Å². The number of aryl methyl sites for hydroxylation is 3. The predicted octanol–water partition coefficient (Wildman–Crippen LogP) is 3.35. The number of amides is 1. The summed E-state index contributed by atoms with van der Waals surface area (Å²) in [4.78, 5) is 17.4. The molecule has 0 radical (unpaired) electrons. The maximum atomic E-state index is 12.0. The fourth-order valence-electron chi connectivity index (χ4n) is 1.98. The van der Waals surface area contributed by atoms with E-state index in [0.29, 0.717) is 18.0 Å². The van der Waals surface area contributed by atoms with E-state index in [9.17, 15) is 4.79 Å². The van der Waals surface area contributed by atoms with Crippen molar-refractivity contribution in [1.29, 1.82) is 0 Å². The summed E-state index contributed by atoms with van der Waals surface area (Å²) in [5, 5.41) is 3.49. The van der Waals surface area contributed by atoms with Gasteiger partial charge in [0.25, 0.3) is 0 Å². The minimum Gasteiger partial charge on any atom is -0.497 e. The summed E-state index contributed by atoms with van der Waals surface area (Å²) in [5.74, 6) is 1.40. The molecule has 0 saturated carbocycles. The fraction of sp³-hybridized carbons (Fsp3) is 0.375. The van der Waals surface area contributed by atoms with E-state index in [2.05, 4.69) is 10.3 Å². The van der Waals surface area contributed by atoms with Gasteiger partial charge in [-0.1, -0.05) is 0 Å². The van der Waals surface area contributed by atoms with Gasteiger partial charge in [-0.25, -0.2) is 4.98 Å². The van der Waals surface area contributed by atoms with Gasteiger partial charge in [-0.05, 0) is 38.0 Å². The molecule has 0 atom stereocenters. The van der Waals surface area contributed by atoms with Gasteiger partial charge in [-0.3, -0.25) is 4.79 Å². The highest BCUT2D eigenvalue weighted by molar-refractivity contribution is 7.15. The Hall–Kier alpha value is -2.08. The Morgan fingerprint density at radius 2 is 1.82 bits per heavy atom.